The van der Waals surface area contributed by atoms with E-state index in [4.69, 9.17) is 0 Å². The molecule has 0 aromatic heterocycles. The molecule has 2 aliphatic heterocycles. The summed E-state index contributed by atoms with van der Waals surface area (Å²) in [6.45, 7) is 0. The normalized spacial score (nSPS) is 38.2. The van der Waals surface area contributed by atoms with Gasteiger partial charge in [0.1, 0.15) is 5.67 Å². The molecule has 2 atom stereocenters. The van der Waals surface area contributed by atoms with E-state index in [1.807, 2.05) is 0 Å². The van der Waals surface area contributed by atoms with Crippen LogP contribution in [0.3, 0.4) is 0 Å². The third-order valence-corrected chi connectivity index (χ3v) is 5.48. The SMILES string of the molecule is FC1(c2ccc(C3CCC3)cc2)CC2CCC(C1)N2. The largest absolute Gasteiger partial charge is 0.311 e. The number of nitrogens with one attached hydrogen (secondary N) is 1. The van der Waals surface area contributed by atoms with Crippen molar-refractivity contribution in [1.82, 2.24) is 5.32 Å². The number of rotatable bonds is 2. The van der Waals surface area contributed by atoms with Crippen LogP contribution >= 0.6 is 0 Å². The molecule has 3 aliphatic rings. The molecule has 1 aliphatic carbocycles. The van der Waals surface area contributed by atoms with Crippen LogP contribution in [0.4, 0.5) is 4.39 Å². The highest BCUT2D eigenvalue weighted by atomic mass is 19.1. The molecule has 2 unspecified atom stereocenters. The van der Waals surface area contributed by atoms with Gasteiger partial charge in [-0.05, 0) is 42.7 Å². The average Bonchev–Trinajstić information content (AvgIpc) is 2.68. The highest BCUT2D eigenvalue weighted by Crippen LogP contribution is 2.44. The van der Waals surface area contributed by atoms with Gasteiger partial charge in [0.25, 0.3) is 0 Å². The van der Waals surface area contributed by atoms with Crippen LogP contribution in [0.15, 0.2) is 24.3 Å². The second-order valence-electron chi connectivity index (χ2n) is 6.76. The summed E-state index contributed by atoms with van der Waals surface area (Å²) in [5.41, 5.74) is 1.24. The monoisotopic (exact) mass is 259 g/mol. The van der Waals surface area contributed by atoms with Gasteiger partial charge in [0.15, 0.2) is 0 Å². The van der Waals surface area contributed by atoms with Crippen molar-refractivity contribution in [2.45, 2.75) is 68.6 Å². The molecule has 1 aromatic rings. The number of piperidine rings is 1. The molecule has 19 heavy (non-hydrogen) atoms. The molecule has 102 valence electrons. The predicted octanol–water partition coefficient (Wildman–Crippen LogP) is 4.03. The first kappa shape index (κ1) is 11.9. The van der Waals surface area contributed by atoms with Crippen molar-refractivity contribution < 1.29 is 4.39 Å². The third kappa shape index (κ3) is 2.01. The summed E-state index contributed by atoms with van der Waals surface area (Å²) in [6, 6.07) is 9.25. The Balaban J connectivity index is 1.57. The van der Waals surface area contributed by atoms with E-state index in [1.54, 1.807) is 0 Å². The molecule has 2 saturated heterocycles. The number of benzene rings is 1. The molecular weight excluding hydrogens is 237 g/mol. The highest BCUT2D eigenvalue weighted by molar-refractivity contribution is 5.31. The Morgan fingerprint density at radius 3 is 2.11 bits per heavy atom. The van der Waals surface area contributed by atoms with Crippen LogP contribution in [-0.4, -0.2) is 12.1 Å². The molecule has 0 spiro atoms. The van der Waals surface area contributed by atoms with E-state index in [0.717, 1.165) is 24.3 Å². The fraction of sp³-hybridized carbons (Fsp3) is 0.647. The van der Waals surface area contributed by atoms with E-state index < -0.39 is 5.67 Å². The Bertz CT molecular complexity index is 451. The maximum atomic E-state index is 15.2. The molecule has 4 rings (SSSR count). The number of fused-ring (bicyclic) bond motifs is 2. The summed E-state index contributed by atoms with van der Waals surface area (Å²) in [7, 11) is 0. The predicted molar refractivity (Wildman–Crippen MR) is 75.0 cm³/mol. The Labute approximate surface area is 114 Å². The van der Waals surface area contributed by atoms with Crippen molar-refractivity contribution in [3.63, 3.8) is 0 Å². The van der Waals surface area contributed by atoms with Crippen LogP contribution in [0.2, 0.25) is 0 Å². The lowest BCUT2D eigenvalue weighted by Crippen LogP contribution is -2.44. The van der Waals surface area contributed by atoms with Crippen molar-refractivity contribution >= 4 is 0 Å². The van der Waals surface area contributed by atoms with E-state index in [-0.39, 0.29) is 0 Å². The molecule has 1 saturated carbocycles. The zero-order chi connectivity index (χ0) is 12.9. The van der Waals surface area contributed by atoms with E-state index in [0.29, 0.717) is 24.9 Å². The topological polar surface area (TPSA) is 12.0 Å². The van der Waals surface area contributed by atoms with Crippen LogP contribution < -0.4 is 5.32 Å². The van der Waals surface area contributed by atoms with E-state index in [9.17, 15) is 0 Å². The first-order valence-electron chi connectivity index (χ1n) is 7.78. The molecule has 0 radical (unpaired) electrons. The van der Waals surface area contributed by atoms with Gasteiger partial charge in [-0.3, -0.25) is 0 Å². The van der Waals surface area contributed by atoms with Gasteiger partial charge >= 0.3 is 0 Å². The lowest BCUT2D eigenvalue weighted by atomic mass is 9.78. The van der Waals surface area contributed by atoms with Gasteiger partial charge in [-0.25, -0.2) is 4.39 Å². The standard InChI is InChI=1S/C17H22FN/c18-17(10-15-8-9-16(11-17)19-15)14-6-4-13(5-7-14)12-2-1-3-12/h4-7,12,15-16,19H,1-3,8-11H2. The molecule has 3 fully saturated rings. The van der Waals surface area contributed by atoms with Gasteiger partial charge in [0, 0.05) is 24.9 Å². The summed E-state index contributed by atoms with van der Waals surface area (Å²) in [4.78, 5) is 0. The first-order chi connectivity index (χ1) is 9.23. The van der Waals surface area contributed by atoms with Crippen LogP contribution in [0, 0.1) is 0 Å². The Morgan fingerprint density at radius 1 is 0.947 bits per heavy atom. The summed E-state index contributed by atoms with van der Waals surface area (Å²) in [6.07, 6.45) is 7.60. The summed E-state index contributed by atoms with van der Waals surface area (Å²) in [5, 5.41) is 3.52. The van der Waals surface area contributed by atoms with Gasteiger partial charge < -0.3 is 5.32 Å². The molecule has 2 heterocycles. The third-order valence-electron chi connectivity index (χ3n) is 5.48. The minimum absolute atomic E-state index is 0.398. The maximum Gasteiger partial charge on any atom is 0.139 e. The molecule has 2 heteroatoms. The smallest absolute Gasteiger partial charge is 0.139 e. The lowest BCUT2D eigenvalue weighted by molar-refractivity contribution is 0.0873. The molecule has 1 N–H and O–H groups in total. The van der Waals surface area contributed by atoms with E-state index in [1.165, 1.54) is 24.8 Å². The van der Waals surface area contributed by atoms with Gasteiger partial charge in [0.05, 0.1) is 0 Å². The fourth-order valence-corrected chi connectivity index (χ4v) is 4.12. The second-order valence-corrected chi connectivity index (χ2v) is 6.76. The number of hydrogen-bond acceptors (Lipinski definition) is 1. The molecule has 1 nitrogen and oxygen atoms in total. The maximum absolute atomic E-state index is 15.2. The number of hydrogen-bond donors (Lipinski definition) is 1. The average molecular weight is 259 g/mol. The van der Waals surface area contributed by atoms with Crippen molar-refractivity contribution in [2.75, 3.05) is 0 Å². The van der Waals surface area contributed by atoms with Crippen LogP contribution in [0.25, 0.3) is 0 Å². The fourth-order valence-electron chi connectivity index (χ4n) is 4.12. The summed E-state index contributed by atoms with van der Waals surface area (Å²) in [5.74, 6) is 0.744. The van der Waals surface area contributed by atoms with Crippen molar-refractivity contribution in [3.05, 3.63) is 35.4 Å². The number of halogens is 1. The Morgan fingerprint density at radius 2 is 1.58 bits per heavy atom. The zero-order valence-corrected chi connectivity index (χ0v) is 11.4. The molecule has 2 bridgehead atoms. The van der Waals surface area contributed by atoms with Crippen molar-refractivity contribution in [3.8, 4) is 0 Å². The zero-order valence-electron chi connectivity index (χ0n) is 11.4. The quantitative estimate of drug-likeness (QED) is 0.845. The van der Waals surface area contributed by atoms with E-state index in [2.05, 4.69) is 29.6 Å². The van der Waals surface area contributed by atoms with E-state index >= 15 is 4.39 Å². The summed E-state index contributed by atoms with van der Waals surface area (Å²) >= 11 is 0. The molecule has 0 amide bonds. The Hall–Kier alpha value is -0.890. The van der Waals surface area contributed by atoms with Crippen molar-refractivity contribution in [2.24, 2.45) is 0 Å². The van der Waals surface area contributed by atoms with Crippen LogP contribution in [-0.2, 0) is 5.67 Å². The van der Waals surface area contributed by atoms with Gasteiger partial charge in [-0.1, -0.05) is 30.7 Å². The molecular formula is C17H22FN. The van der Waals surface area contributed by atoms with Crippen molar-refractivity contribution in [1.29, 1.82) is 0 Å². The van der Waals surface area contributed by atoms with Gasteiger partial charge in [0.2, 0.25) is 0 Å². The van der Waals surface area contributed by atoms with Gasteiger partial charge in [-0.2, -0.15) is 0 Å². The lowest BCUT2D eigenvalue weighted by Gasteiger charge is -2.35. The van der Waals surface area contributed by atoms with Crippen LogP contribution in [0.1, 0.15) is 62.0 Å². The van der Waals surface area contributed by atoms with Crippen LogP contribution in [0.5, 0.6) is 0 Å². The minimum atomic E-state index is -1.09. The van der Waals surface area contributed by atoms with Gasteiger partial charge in [-0.15, -0.1) is 0 Å². The minimum Gasteiger partial charge on any atom is -0.311 e. The number of alkyl halides is 1. The highest BCUT2D eigenvalue weighted by Gasteiger charge is 2.45. The summed E-state index contributed by atoms with van der Waals surface area (Å²) < 4.78 is 15.2. The Kier molecular flexibility index (Phi) is 2.70. The molecule has 1 aromatic carbocycles. The second kappa shape index (κ2) is 4.31. The first-order valence-corrected chi connectivity index (χ1v) is 7.78.